The van der Waals surface area contributed by atoms with Crippen molar-refractivity contribution in [2.24, 2.45) is 0 Å². The Morgan fingerprint density at radius 2 is 2.07 bits per heavy atom. The van der Waals surface area contributed by atoms with Gasteiger partial charge in [0.15, 0.2) is 0 Å². The van der Waals surface area contributed by atoms with Gasteiger partial charge in [0.2, 0.25) is 0 Å². The van der Waals surface area contributed by atoms with Crippen LogP contribution < -0.4 is 15.6 Å². The fraction of sp³-hybridized carbons (Fsp3) is 0.278. The third kappa shape index (κ3) is 4.56. The van der Waals surface area contributed by atoms with Crippen LogP contribution in [0.3, 0.4) is 0 Å². The summed E-state index contributed by atoms with van der Waals surface area (Å²) in [6.45, 7) is 4.88. The van der Waals surface area contributed by atoms with Crippen LogP contribution in [0, 0.1) is 6.92 Å². The average Bonchev–Trinajstić information content (AvgIpc) is 3.10. The highest BCUT2D eigenvalue weighted by Gasteiger charge is 2.12. The summed E-state index contributed by atoms with van der Waals surface area (Å²) < 4.78 is 10.6. The standard InChI is InChI=1S/C18H19N5O3S/c1-3-26-14-6-4-13(5-7-14)15-10-16(24)23(11-20-15)9-8-19-18(25)17-12(2)21-22-27-17/h4-7,10-11H,3,8-9H2,1-2H3,(H,19,25). The van der Waals surface area contributed by atoms with E-state index in [1.165, 1.54) is 17.0 Å². The Balaban J connectivity index is 1.62. The quantitative estimate of drug-likeness (QED) is 0.667. The molecular formula is C18H19N5O3S. The number of carbonyl (C=O) groups excluding carboxylic acids is 1. The molecule has 2 aromatic heterocycles. The molecule has 0 atom stereocenters. The van der Waals surface area contributed by atoms with Crippen molar-refractivity contribution < 1.29 is 9.53 Å². The second-order valence-electron chi connectivity index (χ2n) is 5.71. The number of amides is 1. The largest absolute Gasteiger partial charge is 0.494 e. The van der Waals surface area contributed by atoms with Gasteiger partial charge in [-0.05, 0) is 49.6 Å². The van der Waals surface area contributed by atoms with Crippen LogP contribution in [-0.2, 0) is 6.54 Å². The van der Waals surface area contributed by atoms with Crippen LogP contribution in [0.15, 0.2) is 41.5 Å². The van der Waals surface area contributed by atoms with Crippen molar-refractivity contribution in [2.45, 2.75) is 20.4 Å². The number of aromatic nitrogens is 4. The molecule has 1 aromatic carbocycles. The summed E-state index contributed by atoms with van der Waals surface area (Å²) in [5.74, 6) is 0.534. The van der Waals surface area contributed by atoms with Crippen LogP contribution in [0.4, 0.5) is 0 Å². The van der Waals surface area contributed by atoms with Crippen LogP contribution in [0.2, 0.25) is 0 Å². The van der Waals surface area contributed by atoms with Gasteiger partial charge in [-0.3, -0.25) is 14.2 Å². The molecule has 0 bridgehead atoms. The van der Waals surface area contributed by atoms with Gasteiger partial charge in [0.25, 0.3) is 11.5 Å². The zero-order valence-corrected chi connectivity index (χ0v) is 15.8. The number of hydrogen-bond acceptors (Lipinski definition) is 7. The molecule has 0 radical (unpaired) electrons. The number of nitrogens with zero attached hydrogens (tertiary/aromatic N) is 4. The van der Waals surface area contributed by atoms with Gasteiger partial charge in [-0.15, -0.1) is 5.10 Å². The van der Waals surface area contributed by atoms with E-state index in [0.29, 0.717) is 36.0 Å². The predicted molar refractivity (Wildman–Crippen MR) is 102 cm³/mol. The van der Waals surface area contributed by atoms with Gasteiger partial charge in [0.05, 0.1) is 24.3 Å². The first kappa shape index (κ1) is 18.7. The fourth-order valence-corrected chi connectivity index (χ4v) is 3.02. The Kier molecular flexibility index (Phi) is 5.92. The minimum absolute atomic E-state index is 0.182. The van der Waals surface area contributed by atoms with Gasteiger partial charge in [-0.1, -0.05) is 4.49 Å². The number of nitrogens with one attached hydrogen (secondary N) is 1. The summed E-state index contributed by atoms with van der Waals surface area (Å²) in [5.41, 5.74) is 1.84. The second-order valence-corrected chi connectivity index (χ2v) is 6.46. The predicted octanol–water partition coefficient (Wildman–Crippen LogP) is 1.90. The van der Waals surface area contributed by atoms with Crippen molar-refractivity contribution in [3.05, 3.63) is 57.6 Å². The molecule has 1 N–H and O–H groups in total. The van der Waals surface area contributed by atoms with Gasteiger partial charge >= 0.3 is 0 Å². The molecule has 0 aliphatic rings. The van der Waals surface area contributed by atoms with E-state index in [2.05, 4.69) is 19.9 Å². The van der Waals surface area contributed by atoms with Gasteiger partial charge in [-0.25, -0.2) is 4.98 Å². The molecule has 3 rings (SSSR count). The molecule has 2 heterocycles. The maximum Gasteiger partial charge on any atom is 0.265 e. The molecule has 0 spiro atoms. The highest BCUT2D eigenvalue weighted by molar-refractivity contribution is 7.07. The summed E-state index contributed by atoms with van der Waals surface area (Å²) in [5, 5.41) is 6.56. The minimum atomic E-state index is -0.241. The number of hydrogen-bond donors (Lipinski definition) is 1. The van der Waals surface area contributed by atoms with Crippen LogP contribution in [0.5, 0.6) is 5.75 Å². The molecule has 0 aliphatic heterocycles. The van der Waals surface area contributed by atoms with E-state index >= 15 is 0 Å². The highest BCUT2D eigenvalue weighted by Crippen LogP contribution is 2.19. The van der Waals surface area contributed by atoms with Crippen LogP contribution >= 0.6 is 11.5 Å². The van der Waals surface area contributed by atoms with Crippen molar-refractivity contribution in [3.8, 4) is 17.0 Å². The van der Waals surface area contributed by atoms with Crippen molar-refractivity contribution in [3.63, 3.8) is 0 Å². The van der Waals surface area contributed by atoms with Crippen molar-refractivity contribution >= 4 is 17.4 Å². The molecule has 9 heteroatoms. The Bertz CT molecular complexity index is 981. The van der Waals surface area contributed by atoms with Crippen molar-refractivity contribution in [2.75, 3.05) is 13.2 Å². The maximum atomic E-state index is 12.3. The van der Waals surface area contributed by atoms with Crippen LogP contribution in [-0.4, -0.2) is 38.2 Å². The summed E-state index contributed by atoms with van der Waals surface area (Å²) >= 11 is 1.05. The smallest absolute Gasteiger partial charge is 0.265 e. The van der Waals surface area contributed by atoms with Crippen LogP contribution in [0.1, 0.15) is 22.3 Å². The zero-order valence-electron chi connectivity index (χ0n) is 15.0. The molecule has 8 nitrogen and oxygen atoms in total. The molecule has 0 fully saturated rings. The molecular weight excluding hydrogens is 366 g/mol. The summed E-state index contributed by atoms with van der Waals surface area (Å²) in [4.78, 5) is 29.1. The lowest BCUT2D eigenvalue weighted by atomic mass is 10.1. The van der Waals surface area contributed by atoms with Crippen molar-refractivity contribution in [1.29, 1.82) is 0 Å². The fourth-order valence-electron chi connectivity index (χ4n) is 2.45. The van der Waals surface area contributed by atoms with E-state index in [1.807, 2.05) is 31.2 Å². The Morgan fingerprint density at radius 1 is 1.30 bits per heavy atom. The molecule has 3 aromatic rings. The van der Waals surface area contributed by atoms with Gasteiger partial charge in [-0.2, -0.15) is 0 Å². The van der Waals surface area contributed by atoms with Crippen molar-refractivity contribution in [1.82, 2.24) is 24.5 Å². The number of carbonyl (C=O) groups is 1. The number of benzene rings is 1. The van der Waals surface area contributed by atoms with E-state index in [9.17, 15) is 9.59 Å². The summed E-state index contributed by atoms with van der Waals surface area (Å²) in [6, 6.07) is 8.90. The molecule has 1 amide bonds. The first-order chi connectivity index (χ1) is 13.1. The number of rotatable bonds is 7. The Hall–Kier alpha value is -3.07. The third-order valence-electron chi connectivity index (χ3n) is 3.84. The summed E-state index contributed by atoms with van der Waals surface area (Å²) in [7, 11) is 0. The Morgan fingerprint density at radius 3 is 2.70 bits per heavy atom. The Labute approximate surface area is 160 Å². The third-order valence-corrected chi connectivity index (χ3v) is 4.66. The van der Waals surface area contributed by atoms with E-state index in [4.69, 9.17) is 4.74 Å². The summed E-state index contributed by atoms with van der Waals surface area (Å²) in [6.07, 6.45) is 1.49. The first-order valence-electron chi connectivity index (χ1n) is 8.45. The van der Waals surface area contributed by atoms with Gasteiger partial charge in [0, 0.05) is 24.7 Å². The monoisotopic (exact) mass is 385 g/mol. The lowest BCUT2D eigenvalue weighted by Crippen LogP contribution is -2.30. The zero-order chi connectivity index (χ0) is 19.2. The van der Waals surface area contributed by atoms with Crippen LogP contribution in [0.25, 0.3) is 11.3 Å². The van der Waals surface area contributed by atoms with E-state index in [1.54, 1.807) is 6.92 Å². The van der Waals surface area contributed by atoms with E-state index in [0.717, 1.165) is 22.8 Å². The van der Waals surface area contributed by atoms with Gasteiger partial charge in [0.1, 0.15) is 10.6 Å². The molecule has 0 saturated heterocycles. The number of aryl methyl sites for hydroxylation is 1. The molecule has 0 saturated carbocycles. The highest BCUT2D eigenvalue weighted by atomic mass is 32.1. The molecule has 140 valence electrons. The minimum Gasteiger partial charge on any atom is -0.494 e. The lowest BCUT2D eigenvalue weighted by molar-refractivity contribution is 0.0955. The first-order valence-corrected chi connectivity index (χ1v) is 9.22. The SMILES string of the molecule is CCOc1ccc(-c2cc(=O)n(CCNC(=O)c3snnc3C)cn2)cc1. The molecule has 0 unspecified atom stereocenters. The topological polar surface area (TPSA) is 99.0 Å². The molecule has 0 aliphatic carbocycles. The lowest BCUT2D eigenvalue weighted by Gasteiger charge is -2.08. The molecule has 27 heavy (non-hydrogen) atoms. The number of ether oxygens (including phenoxy) is 1. The second kappa shape index (κ2) is 8.54. The van der Waals surface area contributed by atoms with E-state index in [-0.39, 0.29) is 11.5 Å². The van der Waals surface area contributed by atoms with E-state index < -0.39 is 0 Å². The average molecular weight is 385 g/mol. The maximum absolute atomic E-state index is 12.3. The van der Waals surface area contributed by atoms with Gasteiger partial charge < -0.3 is 10.1 Å². The normalized spacial score (nSPS) is 10.6.